The number of fused-ring (bicyclic) bond motifs is 1. The van der Waals surface area contributed by atoms with E-state index in [0.717, 1.165) is 35.0 Å². The number of imidazole rings is 1. The van der Waals surface area contributed by atoms with Crippen LogP contribution >= 0.6 is 0 Å². The lowest BCUT2D eigenvalue weighted by Gasteiger charge is -1.96. The predicted molar refractivity (Wildman–Crippen MR) is 72.3 cm³/mol. The Morgan fingerprint density at radius 1 is 0.895 bits per heavy atom. The van der Waals surface area contributed by atoms with Crippen LogP contribution in [0.15, 0.2) is 42.5 Å². The van der Waals surface area contributed by atoms with Crippen LogP contribution < -0.4 is 0 Å². The number of hydrogen-bond acceptors (Lipinski definition) is 3. The van der Waals surface area contributed by atoms with Crippen LogP contribution in [0, 0.1) is 0 Å². The fourth-order valence-corrected chi connectivity index (χ4v) is 1.96. The lowest BCUT2D eigenvalue weighted by Crippen LogP contribution is -1.82. The van der Waals surface area contributed by atoms with Crippen molar-refractivity contribution in [3.63, 3.8) is 0 Å². The molecular formula is C15H10N2O2. The molecule has 4 nitrogen and oxygen atoms in total. The van der Waals surface area contributed by atoms with E-state index in [4.69, 9.17) is 0 Å². The van der Waals surface area contributed by atoms with Gasteiger partial charge in [0.15, 0.2) is 0 Å². The van der Waals surface area contributed by atoms with Gasteiger partial charge in [0.05, 0.1) is 11.0 Å². The summed E-state index contributed by atoms with van der Waals surface area (Å²) in [5, 5.41) is 0. The van der Waals surface area contributed by atoms with Crippen LogP contribution in [-0.4, -0.2) is 22.5 Å². The molecule has 0 spiro atoms. The molecule has 0 amide bonds. The van der Waals surface area contributed by atoms with E-state index in [1.165, 1.54) is 0 Å². The number of nitrogens with zero attached hydrogens (tertiary/aromatic N) is 1. The molecule has 0 aliphatic carbocycles. The summed E-state index contributed by atoms with van der Waals surface area (Å²) < 4.78 is 0. The third-order valence-corrected chi connectivity index (χ3v) is 2.96. The Labute approximate surface area is 109 Å². The maximum atomic E-state index is 10.7. The minimum absolute atomic E-state index is 0.610. The molecule has 1 heterocycles. The van der Waals surface area contributed by atoms with Gasteiger partial charge in [-0.2, -0.15) is 0 Å². The Kier molecular flexibility index (Phi) is 2.68. The number of carbonyl (C=O) groups excluding carboxylic acids is 2. The number of benzene rings is 2. The standard InChI is InChI=1S/C15H10N2O2/c18-8-10-1-4-12(5-2-10)15-16-13-6-3-11(9-19)7-14(13)17-15/h1-9H,(H,16,17). The molecular weight excluding hydrogens is 240 g/mol. The third-order valence-electron chi connectivity index (χ3n) is 2.96. The van der Waals surface area contributed by atoms with Crippen LogP contribution in [-0.2, 0) is 0 Å². The van der Waals surface area contributed by atoms with Crippen molar-refractivity contribution in [2.75, 3.05) is 0 Å². The summed E-state index contributed by atoms with van der Waals surface area (Å²) in [6.07, 6.45) is 1.61. The van der Waals surface area contributed by atoms with Crippen LogP contribution in [0.1, 0.15) is 20.7 Å². The Balaban J connectivity index is 2.08. The van der Waals surface area contributed by atoms with Gasteiger partial charge in [0, 0.05) is 16.7 Å². The Hall–Kier alpha value is -2.75. The first-order chi connectivity index (χ1) is 9.30. The zero-order valence-corrected chi connectivity index (χ0v) is 9.96. The van der Waals surface area contributed by atoms with Gasteiger partial charge >= 0.3 is 0 Å². The summed E-state index contributed by atoms with van der Waals surface area (Å²) in [6.45, 7) is 0. The SMILES string of the molecule is O=Cc1ccc(-c2nc3ccc(C=O)cc3[nH]2)cc1. The smallest absolute Gasteiger partial charge is 0.150 e. The highest BCUT2D eigenvalue weighted by Crippen LogP contribution is 2.21. The van der Waals surface area contributed by atoms with Crippen LogP contribution in [0.25, 0.3) is 22.4 Å². The maximum Gasteiger partial charge on any atom is 0.150 e. The van der Waals surface area contributed by atoms with E-state index in [9.17, 15) is 9.59 Å². The summed E-state index contributed by atoms with van der Waals surface area (Å²) >= 11 is 0. The largest absolute Gasteiger partial charge is 0.338 e. The fraction of sp³-hybridized carbons (Fsp3) is 0. The second-order valence-electron chi connectivity index (χ2n) is 4.22. The normalized spacial score (nSPS) is 10.5. The van der Waals surface area contributed by atoms with Gasteiger partial charge in [-0.25, -0.2) is 4.98 Å². The van der Waals surface area contributed by atoms with Crippen LogP contribution in [0.4, 0.5) is 0 Å². The summed E-state index contributed by atoms with van der Waals surface area (Å²) in [7, 11) is 0. The summed E-state index contributed by atoms with van der Waals surface area (Å²) in [5.41, 5.74) is 3.76. The second kappa shape index (κ2) is 4.49. The van der Waals surface area contributed by atoms with E-state index in [0.29, 0.717) is 11.1 Å². The van der Waals surface area contributed by atoms with Gasteiger partial charge in [-0.05, 0) is 18.2 Å². The van der Waals surface area contributed by atoms with Gasteiger partial charge in [0.25, 0.3) is 0 Å². The van der Waals surface area contributed by atoms with Gasteiger partial charge in [0.1, 0.15) is 18.4 Å². The molecule has 0 radical (unpaired) electrons. The molecule has 0 fully saturated rings. The van der Waals surface area contributed by atoms with Gasteiger partial charge < -0.3 is 4.98 Å². The fourth-order valence-electron chi connectivity index (χ4n) is 1.96. The first kappa shape index (κ1) is 11.3. The highest BCUT2D eigenvalue weighted by molar-refractivity contribution is 5.86. The van der Waals surface area contributed by atoms with E-state index >= 15 is 0 Å². The first-order valence-corrected chi connectivity index (χ1v) is 5.81. The minimum Gasteiger partial charge on any atom is -0.338 e. The zero-order chi connectivity index (χ0) is 13.2. The Bertz CT molecular complexity index is 757. The van der Waals surface area contributed by atoms with E-state index in [-0.39, 0.29) is 0 Å². The third kappa shape index (κ3) is 2.04. The van der Waals surface area contributed by atoms with Crippen molar-refractivity contribution < 1.29 is 9.59 Å². The van der Waals surface area contributed by atoms with E-state index < -0.39 is 0 Å². The molecule has 2 aromatic carbocycles. The average Bonchev–Trinajstić information content (AvgIpc) is 2.90. The van der Waals surface area contributed by atoms with E-state index in [1.807, 2.05) is 12.1 Å². The minimum atomic E-state index is 0.610. The Morgan fingerprint density at radius 3 is 2.26 bits per heavy atom. The zero-order valence-electron chi connectivity index (χ0n) is 9.96. The molecule has 92 valence electrons. The molecule has 0 aliphatic heterocycles. The quantitative estimate of drug-likeness (QED) is 0.727. The molecule has 1 aromatic heterocycles. The highest BCUT2D eigenvalue weighted by atomic mass is 16.1. The Morgan fingerprint density at radius 2 is 1.58 bits per heavy atom. The second-order valence-corrected chi connectivity index (χ2v) is 4.22. The van der Waals surface area contributed by atoms with Gasteiger partial charge in [-0.15, -0.1) is 0 Å². The van der Waals surface area contributed by atoms with Gasteiger partial charge in [0.2, 0.25) is 0 Å². The molecule has 0 aliphatic rings. The van der Waals surface area contributed by atoms with Crippen molar-refractivity contribution in [1.29, 1.82) is 0 Å². The number of aldehydes is 2. The van der Waals surface area contributed by atoms with Crippen molar-refractivity contribution in [1.82, 2.24) is 9.97 Å². The van der Waals surface area contributed by atoms with Crippen LogP contribution in [0.3, 0.4) is 0 Å². The number of aromatic nitrogens is 2. The highest BCUT2D eigenvalue weighted by Gasteiger charge is 2.05. The van der Waals surface area contributed by atoms with Crippen LogP contribution in [0.5, 0.6) is 0 Å². The number of H-pyrrole nitrogens is 1. The summed E-state index contributed by atoms with van der Waals surface area (Å²) in [4.78, 5) is 29.0. The van der Waals surface area contributed by atoms with Crippen LogP contribution in [0.2, 0.25) is 0 Å². The summed E-state index contributed by atoms with van der Waals surface area (Å²) in [5.74, 6) is 0.718. The lowest BCUT2D eigenvalue weighted by molar-refractivity contribution is 0.111. The number of hydrogen-bond donors (Lipinski definition) is 1. The van der Waals surface area contributed by atoms with Gasteiger partial charge in [-0.1, -0.05) is 24.3 Å². The summed E-state index contributed by atoms with van der Waals surface area (Å²) in [6, 6.07) is 12.5. The topological polar surface area (TPSA) is 62.8 Å². The van der Waals surface area contributed by atoms with Crippen molar-refractivity contribution in [3.05, 3.63) is 53.6 Å². The maximum absolute atomic E-state index is 10.7. The average molecular weight is 250 g/mol. The lowest BCUT2D eigenvalue weighted by atomic mass is 10.1. The predicted octanol–water partition coefficient (Wildman–Crippen LogP) is 2.85. The molecule has 3 rings (SSSR count). The van der Waals surface area contributed by atoms with Crippen molar-refractivity contribution in [2.24, 2.45) is 0 Å². The molecule has 0 saturated heterocycles. The number of carbonyl (C=O) groups is 2. The van der Waals surface area contributed by atoms with Crippen molar-refractivity contribution in [3.8, 4) is 11.4 Å². The van der Waals surface area contributed by atoms with Gasteiger partial charge in [-0.3, -0.25) is 9.59 Å². The first-order valence-electron chi connectivity index (χ1n) is 5.81. The van der Waals surface area contributed by atoms with Crippen molar-refractivity contribution in [2.45, 2.75) is 0 Å². The monoisotopic (exact) mass is 250 g/mol. The molecule has 0 bridgehead atoms. The van der Waals surface area contributed by atoms with E-state index in [1.54, 1.807) is 30.3 Å². The molecule has 3 aromatic rings. The molecule has 1 N–H and O–H groups in total. The molecule has 0 unspecified atom stereocenters. The number of rotatable bonds is 3. The number of nitrogens with one attached hydrogen (secondary N) is 1. The molecule has 0 atom stereocenters. The van der Waals surface area contributed by atoms with E-state index in [2.05, 4.69) is 9.97 Å². The number of aromatic amines is 1. The van der Waals surface area contributed by atoms with Crippen molar-refractivity contribution >= 4 is 23.6 Å². The molecule has 19 heavy (non-hydrogen) atoms. The molecule has 0 saturated carbocycles. The molecule has 4 heteroatoms.